The lowest BCUT2D eigenvalue weighted by atomic mass is 9.89. The predicted molar refractivity (Wildman–Crippen MR) is 96.2 cm³/mol. The van der Waals surface area contributed by atoms with E-state index in [4.69, 9.17) is 4.74 Å². The van der Waals surface area contributed by atoms with E-state index in [9.17, 15) is 0 Å². The van der Waals surface area contributed by atoms with E-state index in [1.807, 2.05) is 24.5 Å². The van der Waals surface area contributed by atoms with E-state index in [0.29, 0.717) is 22.6 Å². The van der Waals surface area contributed by atoms with Crippen LogP contribution < -0.4 is 10.1 Å². The van der Waals surface area contributed by atoms with Crippen molar-refractivity contribution in [3.05, 3.63) is 35.9 Å². The number of nitrogens with zero attached hydrogens (tertiary/aromatic N) is 3. The summed E-state index contributed by atoms with van der Waals surface area (Å²) in [6.07, 6.45) is 7.42. The molecule has 5 nitrogen and oxygen atoms in total. The van der Waals surface area contributed by atoms with Gasteiger partial charge in [0.15, 0.2) is 11.9 Å². The maximum Gasteiger partial charge on any atom is 0.247 e. The van der Waals surface area contributed by atoms with Crippen LogP contribution in [0.5, 0.6) is 5.88 Å². The Hall–Kier alpha value is -2.08. The summed E-state index contributed by atoms with van der Waals surface area (Å²) in [6.45, 7) is 2.20. The molecule has 24 heavy (non-hydrogen) atoms. The number of allylic oxidation sites excluding steroid dienone is 2. The number of hydrogen-bond donors (Lipinski definition) is 1. The van der Waals surface area contributed by atoms with Gasteiger partial charge in [0.25, 0.3) is 0 Å². The summed E-state index contributed by atoms with van der Waals surface area (Å²) in [7, 11) is 0. The quantitative estimate of drug-likeness (QED) is 0.655. The van der Waals surface area contributed by atoms with Crippen molar-refractivity contribution in [3.8, 4) is 17.1 Å². The van der Waals surface area contributed by atoms with Gasteiger partial charge in [-0.25, -0.2) is 0 Å². The standard InChI is InChI=1S/C18H20N4OS/c1-11-7-9-12(10-8-11)16-19-14-6-4-3-5-13(14)15-17(23-16)20-18(24-2)22-21-15/h3-7,12,16,19H,8-10H2,1-2H3/t12-,16-/m1/s1. The van der Waals surface area contributed by atoms with Gasteiger partial charge in [-0.15, -0.1) is 10.2 Å². The molecular formula is C18H20N4OS. The minimum atomic E-state index is -0.108. The monoisotopic (exact) mass is 340 g/mol. The maximum absolute atomic E-state index is 6.29. The Morgan fingerprint density at radius 1 is 1.25 bits per heavy atom. The van der Waals surface area contributed by atoms with Gasteiger partial charge in [0.05, 0.1) is 0 Å². The number of hydrogen-bond acceptors (Lipinski definition) is 6. The number of benzene rings is 1. The fraction of sp³-hybridized carbons (Fsp3) is 0.389. The number of para-hydroxylation sites is 1. The second kappa shape index (κ2) is 6.43. The normalized spacial score (nSPS) is 22.3. The van der Waals surface area contributed by atoms with E-state index in [2.05, 4.69) is 39.6 Å². The highest BCUT2D eigenvalue weighted by Gasteiger charge is 2.30. The van der Waals surface area contributed by atoms with Crippen molar-refractivity contribution in [2.24, 2.45) is 5.92 Å². The Morgan fingerprint density at radius 3 is 2.92 bits per heavy atom. The molecule has 124 valence electrons. The number of aromatic nitrogens is 3. The lowest BCUT2D eigenvalue weighted by Crippen LogP contribution is -2.35. The van der Waals surface area contributed by atoms with Crippen LogP contribution in [0.3, 0.4) is 0 Å². The third-order valence-corrected chi connectivity index (χ3v) is 5.18. The van der Waals surface area contributed by atoms with Crippen LogP contribution in [0.4, 0.5) is 5.69 Å². The predicted octanol–water partition coefficient (Wildman–Crippen LogP) is 4.14. The van der Waals surface area contributed by atoms with Gasteiger partial charge in [0.1, 0.15) is 0 Å². The fourth-order valence-corrected chi connectivity index (χ4v) is 3.53. The number of rotatable bonds is 2. The van der Waals surface area contributed by atoms with Crippen LogP contribution in [0.15, 0.2) is 41.1 Å². The second-order valence-electron chi connectivity index (χ2n) is 6.27. The fourth-order valence-electron chi connectivity index (χ4n) is 3.23. The maximum atomic E-state index is 6.29. The molecule has 0 saturated carbocycles. The van der Waals surface area contributed by atoms with E-state index in [0.717, 1.165) is 30.5 Å². The van der Waals surface area contributed by atoms with Gasteiger partial charge in [-0.2, -0.15) is 4.98 Å². The molecule has 0 amide bonds. The molecule has 1 N–H and O–H groups in total. The number of anilines is 1. The van der Waals surface area contributed by atoms with E-state index in [1.165, 1.54) is 17.3 Å². The Labute approximate surface area is 145 Å². The largest absolute Gasteiger partial charge is 0.452 e. The topological polar surface area (TPSA) is 59.9 Å². The lowest BCUT2D eigenvalue weighted by Gasteiger charge is -2.29. The van der Waals surface area contributed by atoms with E-state index in [-0.39, 0.29) is 6.23 Å². The highest BCUT2D eigenvalue weighted by atomic mass is 32.2. The average Bonchev–Trinajstić information content (AvgIpc) is 2.78. The highest BCUT2D eigenvalue weighted by Crippen LogP contribution is 2.39. The molecule has 0 saturated heterocycles. The number of ether oxygens (including phenoxy) is 1. The van der Waals surface area contributed by atoms with Crippen LogP contribution >= 0.6 is 11.8 Å². The molecule has 6 heteroatoms. The molecule has 2 aliphatic rings. The molecule has 2 atom stereocenters. The molecule has 0 spiro atoms. The van der Waals surface area contributed by atoms with Crippen molar-refractivity contribution in [1.29, 1.82) is 0 Å². The van der Waals surface area contributed by atoms with Gasteiger partial charge in [-0.3, -0.25) is 0 Å². The molecule has 0 bridgehead atoms. The second-order valence-corrected chi connectivity index (χ2v) is 7.04. The first kappa shape index (κ1) is 15.4. The van der Waals surface area contributed by atoms with Crippen LogP contribution in [0.1, 0.15) is 26.2 Å². The molecule has 1 aromatic heterocycles. The average molecular weight is 340 g/mol. The zero-order valence-electron chi connectivity index (χ0n) is 13.8. The van der Waals surface area contributed by atoms with Crippen molar-refractivity contribution in [2.75, 3.05) is 11.6 Å². The van der Waals surface area contributed by atoms with Crippen LogP contribution in [0.2, 0.25) is 0 Å². The molecule has 1 aliphatic carbocycles. The van der Waals surface area contributed by atoms with Gasteiger partial charge >= 0.3 is 0 Å². The third kappa shape index (κ3) is 2.86. The molecule has 0 fully saturated rings. The molecule has 2 heterocycles. The van der Waals surface area contributed by atoms with Crippen LogP contribution in [-0.4, -0.2) is 27.7 Å². The summed E-state index contributed by atoms with van der Waals surface area (Å²) in [6, 6.07) is 8.12. The van der Waals surface area contributed by atoms with E-state index < -0.39 is 0 Å². The van der Waals surface area contributed by atoms with Crippen LogP contribution in [0.25, 0.3) is 11.3 Å². The Balaban J connectivity index is 1.76. The van der Waals surface area contributed by atoms with Gasteiger partial charge in [0, 0.05) is 17.2 Å². The van der Waals surface area contributed by atoms with Crippen molar-refractivity contribution in [1.82, 2.24) is 15.2 Å². The molecule has 1 aromatic carbocycles. The smallest absolute Gasteiger partial charge is 0.247 e. The highest BCUT2D eigenvalue weighted by molar-refractivity contribution is 7.98. The summed E-state index contributed by atoms with van der Waals surface area (Å²) in [5.41, 5.74) is 4.20. The first-order valence-electron chi connectivity index (χ1n) is 8.21. The van der Waals surface area contributed by atoms with Crippen LogP contribution in [-0.2, 0) is 0 Å². The van der Waals surface area contributed by atoms with Crippen molar-refractivity contribution in [2.45, 2.75) is 37.6 Å². The van der Waals surface area contributed by atoms with E-state index >= 15 is 0 Å². The number of fused-ring (bicyclic) bond motifs is 3. The third-order valence-electron chi connectivity index (χ3n) is 4.64. The van der Waals surface area contributed by atoms with Crippen LogP contribution in [0, 0.1) is 5.92 Å². The number of nitrogens with one attached hydrogen (secondary N) is 1. The number of thioether (sulfide) groups is 1. The summed E-state index contributed by atoms with van der Waals surface area (Å²) in [5, 5.41) is 12.7. The molecule has 1 aliphatic heterocycles. The summed E-state index contributed by atoms with van der Waals surface area (Å²) >= 11 is 1.47. The molecule has 0 radical (unpaired) electrons. The van der Waals surface area contributed by atoms with Crippen molar-refractivity contribution < 1.29 is 4.74 Å². The SMILES string of the molecule is CSc1nnc2c(n1)O[C@H]([C@@H]1CC=C(C)CC1)Nc1ccccc1-2. The van der Waals surface area contributed by atoms with Gasteiger partial charge in [-0.05, 0) is 38.5 Å². The zero-order chi connectivity index (χ0) is 16.5. The van der Waals surface area contributed by atoms with Crippen molar-refractivity contribution in [3.63, 3.8) is 0 Å². The summed E-state index contributed by atoms with van der Waals surface area (Å²) in [5.74, 6) is 0.989. The first-order chi connectivity index (χ1) is 11.7. The van der Waals surface area contributed by atoms with Gasteiger partial charge in [0.2, 0.25) is 11.0 Å². The summed E-state index contributed by atoms with van der Waals surface area (Å²) < 4.78 is 6.29. The first-order valence-corrected chi connectivity index (χ1v) is 9.44. The molecule has 4 rings (SSSR count). The minimum Gasteiger partial charge on any atom is -0.452 e. The van der Waals surface area contributed by atoms with Gasteiger partial charge in [-0.1, -0.05) is 41.6 Å². The Morgan fingerprint density at radius 2 is 2.12 bits per heavy atom. The molecule has 2 aromatic rings. The lowest BCUT2D eigenvalue weighted by molar-refractivity contribution is 0.145. The Kier molecular flexibility index (Phi) is 4.14. The Bertz CT molecular complexity index is 792. The zero-order valence-corrected chi connectivity index (χ0v) is 14.6. The summed E-state index contributed by atoms with van der Waals surface area (Å²) in [4.78, 5) is 4.56. The van der Waals surface area contributed by atoms with Gasteiger partial charge < -0.3 is 10.1 Å². The molecular weight excluding hydrogens is 320 g/mol. The van der Waals surface area contributed by atoms with Crippen molar-refractivity contribution >= 4 is 17.4 Å². The minimum absolute atomic E-state index is 0.108. The molecule has 0 unspecified atom stereocenters. The van der Waals surface area contributed by atoms with E-state index in [1.54, 1.807) is 0 Å².